The van der Waals surface area contributed by atoms with Crippen molar-refractivity contribution < 1.29 is 4.42 Å². The molecule has 0 spiro atoms. The number of nitrogens with zero attached hydrogens (tertiary/aromatic N) is 2. The molecule has 0 fully saturated rings. The maximum Gasteiger partial charge on any atom is 0.297 e. The van der Waals surface area contributed by atoms with Crippen LogP contribution in [0.2, 0.25) is 0 Å². The molecular formula is C61H67BN2O. The topological polar surface area (TPSA) is 19.6 Å². The van der Waals surface area contributed by atoms with Crippen LogP contribution in [0, 0.1) is 0 Å². The molecule has 4 aliphatic rings. The summed E-state index contributed by atoms with van der Waals surface area (Å²) in [5, 5.41) is 1.20. The van der Waals surface area contributed by atoms with Crippen LogP contribution in [0.4, 0.5) is 34.1 Å². The summed E-state index contributed by atoms with van der Waals surface area (Å²) >= 11 is 0. The van der Waals surface area contributed by atoms with E-state index in [9.17, 15) is 0 Å². The van der Waals surface area contributed by atoms with Crippen molar-refractivity contribution in [3.8, 4) is 11.1 Å². The normalized spacial score (nSPS) is 17.6. The van der Waals surface area contributed by atoms with E-state index in [4.69, 9.17) is 4.42 Å². The van der Waals surface area contributed by atoms with E-state index >= 15 is 0 Å². The van der Waals surface area contributed by atoms with Crippen LogP contribution in [0.5, 0.6) is 0 Å². The van der Waals surface area contributed by atoms with E-state index in [1.165, 1.54) is 94.8 Å². The molecule has 0 unspecified atom stereocenters. The average molecular weight is 855 g/mol. The van der Waals surface area contributed by atoms with Crippen molar-refractivity contribution in [1.29, 1.82) is 0 Å². The van der Waals surface area contributed by atoms with Gasteiger partial charge in [-0.15, -0.1) is 0 Å². The fourth-order valence-corrected chi connectivity index (χ4v) is 12.0. The van der Waals surface area contributed by atoms with E-state index in [0.29, 0.717) is 0 Å². The Balaban J connectivity index is 1.30. The molecule has 11 rings (SSSR count). The zero-order valence-corrected chi connectivity index (χ0v) is 41.7. The Bertz CT molecular complexity index is 3140. The molecule has 0 radical (unpaired) electrons. The Hall–Kier alpha value is -5.48. The lowest BCUT2D eigenvalue weighted by Gasteiger charge is -2.44. The van der Waals surface area contributed by atoms with Gasteiger partial charge in [0.2, 0.25) is 0 Å². The van der Waals surface area contributed by atoms with Gasteiger partial charge in [-0.2, -0.15) is 0 Å². The van der Waals surface area contributed by atoms with Gasteiger partial charge in [0.05, 0.1) is 17.0 Å². The summed E-state index contributed by atoms with van der Waals surface area (Å²) < 4.78 is 7.61. The molecule has 1 aromatic heterocycles. The van der Waals surface area contributed by atoms with E-state index in [1.807, 2.05) is 0 Å². The molecule has 2 aliphatic heterocycles. The lowest BCUT2D eigenvalue weighted by molar-refractivity contribution is 0.332. The number of hydrogen-bond acceptors (Lipinski definition) is 3. The number of furan rings is 1. The van der Waals surface area contributed by atoms with Gasteiger partial charge in [-0.1, -0.05) is 165 Å². The maximum absolute atomic E-state index is 7.61. The lowest BCUT2D eigenvalue weighted by atomic mass is 9.35. The number of fused-ring (bicyclic) bond motifs is 10. The molecule has 7 aromatic rings. The zero-order valence-electron chi connectivity index (χ0n) is 41.7. The smallest absolute Gasteiger partial charge is 0.297 e. The molecule has 65 heavy (non-hydrogen) atoms. The summed E-state index contributed by atoms with van der Waals surface area (Å²) in [7, 11) is 0. The molecule has 0 saturated carbocycles. The zero-order chi connectivity index (χ0) is 46.1. The number of anilines is 6. The first-order valence-corrected chi connectivity index (χ1v) is 24.3. The van der Waals surface area contributed by atoms with Crippen LogP contribution in [-0.4, -0.2) is 6.71 Å². The van der Waals surface area contributed by atoms with Gasteiger partial charge in [-0.25, -0.2) is 0 Å². The maximum atomic E-state index is 7.61. The third-order valence-corrected chi connectivity index (χ3v) is 16.2. The van der Waals surface area contributed by atoms with Crippen molar-refractivity contribution in [1.82, 2.24) is 0 Å². The highest BCUT2D eigenvalue weighted by Crippen LogP contribution is 2.56. The molecule has 6 aromatic carbocycles. The highest BCUT2D eigenvalue weighted by molar-refractivity contribution is 7.00. The minimum Gasteiger partial charge on any atom is -0.468 e. The second-order valence-electron chi connectivity index (χ2n) is 24.9. The first-order valence-electron chi connectivity index (χ1n) is 24.3. The van der Waals surface area contributed by atoms with Crippen molar-refractivity contribution >= 4 is 68.4 Å². The molecule has 0 saturated heterocycles. The van der Waals surface area contributed by atoms with Crippen LogP contribution in [-0.2, 0) is 32.5 Å². The SMILES string of the molecule is CC(C)(C)c1ccc(N2c3cc(C(C)(C)C)cc4c3B(c3cc(C(C)(C)C)ccc3N4c3cccc4c3-c3ccccc3C4(C)C)c3oc4cc5c(cc4c32)C(C)(C)CCC5(C)C)cc1. The van der Waals surface area contributed by atoms with Gasteiger partial charge in [0, 0.05) is 39.1 Å². The summed E-state index contributed by atoms with van der Waals surface area (Å²) in [6, 6.07) is 42.9. The molecule has 0 N–H and O–H groups in total. The van der Waals surface area contributed by atoms with Crippen molar-refractivity contribution in [2.24, 2.45) is 0 Å². The standard InChI is InChI=1S/C61H67BN2O/c1-56(2,3)36-23-26-39(27-24-36)63-49-32-38(58(7,8)9)33-50-53(49)62(55-54(63)41-34-44-45(35-51(41)65-55)60(12,13)30-29-59(44,10)11)46-31-37(57(4,5)6)25-28-47(46)64(50)48-22-18-21-43-52(48)40-19-16-17-20-42(40)61(43,14)15/h16-28,31-35H,29-30H2,1-15H3. The van der Waals surface area contributed by atoms with E-state index in [0.717, 1.165) is 29.8 Å². The third-order valence-electron chi connectivity index (χ3n) is 16.2. The van der Waals surface area contributed by atoms with Crippen LogP contribution >= 0.6 is 0 Å². The first-order chi connectivity index (χ1) is 30.4. The summed E-state index contributed by atoms with van der Waals surface area (Å²) in [6.45, 7) is 35.5. The number of rotatable bonds is 2. The Kier molecular flexibility index (Phi) is 8.65. The average Bonchev–Trinajstić information content (AvgIpc) is 3.72. The molecule has 0 amide bonds. The minimum absolute atomic E-state index is 0.0277. The molecule has 0 bridgehead atoms. The second kappa shape index (κ2) is 13.3. The predicted molar refractivity (Wildman–Crippen MR) is 279 cm³/mol. The van der Waals surface area contributed by atoms with Crippen molar-refractivity contribution in [2.45, 2.75) is 149 Å². The molecule has 2 aliphatic carbocycles. The number of hydrogen-bond donors (Lipinski definition) is 0. The third kappa shape index (κ3) is 6.07. The highest BCUT2D eigenvalue weighted by Gasteiger charge is 2.49. The van der Waals surface area contributed by atoms with Crippen LogP contribution in [0.1, 0.15) is 156 Å². The molecule has 3 heterocycles. The van der Waals surface area contributed by atoms with Gasteiger partial charge in [0.15, 0.2) is 0 Å². The lowest BCUT2D eigenvalue weighted by Crippen LogP contribution is -2.61. The predicted octanol–water partition coefficient (Wildman–Crippen LogP) is 15.1. The van der Waals surface area contributed by atoms with Gasteiger partial charge in [-0.05, 0) is 144 Å². The van der Waals surface area contributed by atoms with Crippen LogP contribution in [0.3, 0.4) is 0 Å². The highest BCUT2D eigenvalue weighted by atomic mass is 16.3. The minimum atomic E-state index is -0.133. The summed E-state index contributed by atoms with van der Waals surface area (Å²) in [5.74, 6) is 0. The fourth-order valence-electron chi connectivity index (χ4n) is 12.0. The van der Waals surface area contributed by atoms with E-state index in [-0.39, 0.29) is 39.2 Å². The summed E-state index contributed by atoms with van der Waals surface area (Å²) in [5.41, 5.74) is 23.9. The van der Waals surface area contributed by atoms with Gasteiger partial charge < -0.3 is 14.2 Å². The van der Waals surface area contributed by atoms with Gasteiger partial charge >= 0.3 is 0 Å². The first kappa shape index (κ1) is 42.2. The molecule has 0 atom stereocenters. The van der Waals surface area contributed by atoms with E-state index in [1.54, 1.807) is 0 Å². The van der Waals surface area contributed by atoms with E-state index in [2.05, 4.69) is 223 Å². The summed E-state index contributed by atoms with van der Waals surface area (Å²) in [6.07, 6.45) is 2.31. The molecule has 330 valence electrons. The van der Waals surface area contributed by atoms with E-state index < -0.39 is 0 Å². The molecular weight excluding hydrogens is 787 g/mol. The monoisotopic (exact) mass is 855 g/mol. The Morgan fingerprint density at radius 1 is 0.508 bits per heavy atom. The van der Waals surface area contributed by atoms with Crippen molar-refractivity contribution in [3.05, 3.63) is 148 Å². The summed E-state index contributed by atoms with van der Waals surface area (Å²) in [4.78, 5) is 5.23. The van der Waals surface area contributed by atoms with Crippen LogP contribution in [0.25, 0.3) is 22.1 Å². The second-order valence-corrected chi connectivity index (χ2v) is 24.9. The van der Waals surface area contributed by atoms with Crippen molar-refractivity contribution in [3.63, 3.8) is 0 Å². The Labute approximate surface area is 389 Å². The molecule has 3 nitrogen and oxygen atoms in total. The molecule has 4 heteroatoms. The van der Waals surface area contributed by atoms with Gasteiger partial charge in [-0.3, -0.25) is 0 Å². The van der Waals surface area contributed by atoms with Gasteiger partial charge in [0.25, 0.3) is 6.71 Å². The quantitative estimate of drug-likeness (QED) is 0.162. The van der Waals surface area contributed by atoms with Crippen molar-refractivity contribution in [2.75, 3.05) is 9.80 Å². The van der Waals surface area contributed by atoms with Crippen LogP contribution < -0.4 is 26.4 Å². The van der Waals surface area contributed by atoms with Gasteiger partial charge in [0.1, 0.15) is 5.58 Å². The van der Waals surface area contributed by atoms with Crippen LogP contribution in [0.15, 0.2) is 114 Å². The Morgan fingerprint density at radius 3 is 1.74 bits per heavy atom. The largest absolute Gasteiger partial charge is 0.468 e. The fraction of sp³-hybridized carbons (Fsp3) is 0.377. The Morgan fingerprint density at radius 2 is 1.09 bits per heavy atom. The number of benzene rings is 6.